The maximum atomic E-state index is 12.3. The molecule has 170 valence electrons. The Bertz CT molecular complexity index is 1330. The summed E-state index contributed by atoms with van der Waals surface area (Å²) < 4.78 is 11.3. The van der Waals surface area contributed by atoms with Crippen LogP contribution >= 0.6 is 12.2 Å². The average molecular weight is 470 g/mol. The van der Waals surface area contributed by atoms with Crippen molar-refractivity contribution < 1.29 is 13.9 Å². The number of nitrogens with zero attached hydrogens (tertiary/aromatic N) is 2. The van der Waals surface area contributed by atoms with E-state index < -0.39 is 5.97 Å². The topological polar surface area (TPSA) is 67.6 Å². The number of thiocarbonyl (C=S) groups is 1. The molecular formula is C27H23N3O3S. The second-order valence-corrected chi connectivity index (χ2v) is 8.46. The van der Waals surface area contributed by atoms with Crippen molar-refractivity contribution in [3.63, 3.8) is 0 Å². The zero-order valence-corrected chi connectivity index (χ0v) is 19.6. The van der Waals surface area contributed by atoms with Gasteiger partial charge in [-0.3, -0.25) is 4.98 Å². The lowest BCUT2D eigenvalue weighted by atomic mass is 10.0. The summed E-state index contributed by atoms with van der Waals surface area (Å²) in [5, 5.41) is 4.03. The number of hydrogen-bond donors (Lipinski definition) is 1. The summed E-state index contributed by atoms with van der Waals surface area (Å²) in [4.78, 5) is 18.9. The van der Waals surface area contributed by atoms with Crippen LogP contribution in [-0.2, 0) is 4.74 Å². The van der Waals surface area contributed by atoms with E-state index in [1.165, 1.54) is 12.7 Å². The molecule has 1 aliphatic heterocycles. The Labute approximate surface area is 203 Å². The third-order valence-corrected chi connectivity index (χ3v) is 6.24. The van der Waals surface area contributed by atoms with Crippen LogP contribution in [0.3, 0.4) is 0 Å². The van der Waals surface area contributed by atoms with Gasteiger partial charge in [-0.1, -0.05) is 42.0 Å². The van der Waals surface area contributed by atoms with Crippen LogP contribution in [0.5, 0.6) is 0 Å². The molecule has 2 aromatic carbocycles. The molecule has 1 aliphatic rings. The average Bonchev–Trinajstić information content (AvgIpc) is 3.49. The predicted octanol–water partition coefficient (Wildman–Crippen LogP) is 5.61. The van der Waals surface area contributed by atoms with E-state index in [4.69, 9.17) is 21.4 Å². The molecule has 0 saturated carbocycles. The molecule has 0 amide bonds. The van der Waals surface area contributed by atoms with E-state index in [-0.39, 0.29) is 12.1 Å². The zero-order valence-electron chi connectivity index (χ0n) is 18.8. The molecule has 0 unspecified atom stereocenters. The monoisotopic (exact) mass is 469 g/mol. The Kier molecular flexibility index (Phi) is 5.86. The first-order valence-corrected chi connectivity index (χ1v) is 11.3. The van der Waals surface area contributed by atoms with Crippen molar-refractivity contribution in [3.8, 4) is 11.3 Å². The molecule has 0 aliphatic carbocycles. The Morgan fingerprint density at radius 1 is 1.03 bits per heavy atom. The van der Waals surface area contributed by atoms with Gasteiger partial charge in [-0.2, -0.15) is 0 Å². The summed E-state index contributed by atoms with van der Waals surface area (Å²) in [7, 11) is 1.37. The quantitative estimate of drug-likeness (QED) is 0.301. The van der Waals surface area contributed by atoms with Crippen LogP contribution in [-0.4, -0.2) is 23.2 Å². The maximum Gasteiger partial charge on any atom is 0.338 e. The van der Waals surface area contributed by atoms with E-state index in [0.29, 0.717) is 27.8 Å². The lowest BCUT2D eigenvalue weighted by Crippen LogP contribution is -2.29. The molecule has 1 N–H and O–H groups in total. The largest absolute Gasteiger partial charge is 0.465 e. The van der Waals surface area contributed by atoms with Crippen LogP contribution in [0.15, 0.2) is 89.5 Å². The molecule has 1 fully saturated rings. The number of ether oxygens (including phenoxy) is 1. The van der Waals surface area contributed by atoms with E-state index in [1.807, 2.05) is 54.6 Å². The number of furan rings is 1. The minimum atomic E-state index is -0.412. The number of pyridine rings is 1. The van der Waals surface area contributed by atoms with Crippen LogP contribution in [0.25, 0.3) is 11.3 Å². The highest BCUT2D eigenvalue weighted by atomic mass is 32.1. The lowest BCUT2D eigenvalue weighted by Gasteiger charge is -2.26. The molecule has 2 aromatic heterocycles. The Hall–Kier alpha value is -3.97. The van der Waals surface area contributed by atoms with Crippen molar-refractivity contribution in [3.05, 3.63) is 108 Å². The second-order valence-electron chi connectivity index (χ2n) is 8.07. The Balaban J connectivity index is 1.60. The summed E-state index contributed by atoms with van der Waals surface area (Å²) in [6, 6.07) is 24.6. The minimum absolute atomic E-state index is 0.218. The highest BCUT2D eigenvalue weighted by Gasteiger charge is 2.42. The molecule has 0 bridgehead atoms. The molecule has 0 radical (unpaired) electrons. The maximum absolute atomic E-state index is 12.3. The van der Waals surface area contributed by atoms with Crippen molar-refractivity contribution in [1.82, 2.24) is 10.3 Å². The molecular weight excluding hydrogens is 446 g/mol. The highest BCUT2D eigenvalue weighted by Crippen LogP contribution is 2.43. The molecule has 2 atom stereocenters. The first-order valence-electron chi connectivity index (χ1n) is 10.9. The van der Waals surface area contributed by atoms with Gasteiger partial charge in [0.25, 0.3) is 0 Å². The van der Waals surface area contributed by atoms with E-state index >= 15 is 0 Å². The number of anilines is 1. The predicted molar refractivity (Wildman–Crippen MR) is 135 cm³/mol. The first kappa shape index (κ1) is 21.9. The van der Waals surface area contributed by atoms with Crippen molar-refractivity contribution in [2.24, 2.45) is 0 Å². The fourth-order valence-corrected chi connectivity index (χ4v) is 4.62. The van der Waals surface area contributed by atoms with Gasteiger partial charge in [-0.15, -0.1) is 0 Å². The normalized spacial score (nSPS) is 17.5. The second kappa shape index (κ2) is 9.11. The third kappa shape index (κ3) is 3.95. The molecule has 7 heteroatoms. The van der Waals surface area contributed by atoms with Crippen LogP contribution in [0.1, 0.15) is 39.5 Å². The lowest BCUT2D eigenvalue weighted by molar-refractivity contribution is 0.0601. The zero-order chi connectivity index (χ0) is 23.7. The summed E-state index contributed by atoms with van der Waals surface area (Å²) in [5.41, 5.74) is 4.10. The number of hydrogen-bond acceptors (Lipinski definition) is 5. The Morgan fingerprint density at radius 3 is 2.53 bits per heavy atom. The molecule has 4 aromatic rings. The van der Waals surface area contributed by atoms with Crippen molar-refractivity contribution in [2.45, 2.75) is 19.0 Å². The van der Waals surface area contributed by atoms with Gasteiger partial charge in [0, 0.05) is 17.4 Å². The first-order chi connectivity index (χ1) is 16.6. The summed E-state index contributed by atoms with van der Waals surface area (Å²) >= 11 is 5.76. The number of rotatable bonds is 5. The van der Waals surface area contributed by atoms with E-state index in [2.05, 4.69) is 34.3 Å². The van der Waals surface area contributed by atoms with Crippen LogP contribution < -0.4 is 10.2 Å². The molecule has 3 heterocycles. The van der Waals surface area contributed by atoms with E-state index in [0.717, 1.165) is 11.4 Å². The standard InChI is InChI=1S/C27H23N3O3S/c1-17-10-12-18(13-11-17)30-25(24(29-27(30)34)21-9-5-6-16-28-21)23-15-14-22(33-23)19-7-3-4-8-20(19)26(31)32-2/h3-16,24-25H,1-2H3,(H,29,34)/t24-,25-/m0/s1. The number of nitrogens with one attached hydrogen (secondary N) is 1. The SMILES string of the molecule is COC(=O)c1ccccc1-c1ccc([C@H]2[C@H](c3ccccn3)NC(=S)N2c2ccc(C)cc2)o1. The van der Waals surface area contributed by atoms with Gasteiger partial charge in [0.05, 0.1) is 24.4 Å². The molecule has 0 spiro atoms. The fraction of sp³-hybridized carbons (Fsp3) is 0.148. The van der Waals surface area contributed by atoms with Crippen molar-refractivity contribution >= 4 is 29.0 Å². The van der Waals surface area contributed by atoms with Crippen LogP contribution in [0.4, 0.5) is 5.69 Å². The summed E-state index contributed by atoms with van der Waals surface area (Å²) in [5.74, 6) is 0.876. The van der Waals surface area contributed by atoms with Crippen LogP contribution in [0, 0.1) is 6.92 Å². The third-order valence-electron chi connectivity index (χ3n) is 5.93. The van der Waals surface area contributed by atoms with Crippen LogP contribution in [0.2, 0.25) is 0 Å². The molecule has 6 nitrogen and oxygen atoms in total. The summed E-state index contributed by atoms with van der Waals surface area (Å²) in [6.07, 6.45) is 1.77. The molecule has 1 saturated heterocycles. The molecule has 34 heavy (non-hydrogen) atoms. The van der Waals surface area contributed by atoms with Gasteiger partial charge in [0.15, 0.2) is 5.11 Å². The van der Waals surface area contributed by atoms with E-state index in [9.17, 15) is 4.79 Å². The number of benzene rings is 2. The van der Waals surface area contributed by atoms with Gasteiger partial charge in [-0.05, 0) is 61.6 Å². The number of aryl methyl sites for hydroxylation is 1. The smallest absolute Gasteiger partial charge is 0.338 e. The summed E-state index contributed by atoms with van der Waals surface area (Å²) in [6.45, 7) is 2.05. The number of carbonyl (C=O) groups is 1. The van der Waals surface area contributed by atoms with Gasteiger partial charge < -0.3 is 19.4 Å². The minimum Gasteiger partial charge on any atom is -0.465 e. The molecule has 5 rings (SSSR count). The van der Waals surface area contributed by atoms with Crippen molar-refractivity contribution in [1.29, 1.82) is 0 Å². The highest BCUT2D eigenvalue weighted by molar-refractivity contribution is 7.80. The number of esters is 1. The van der Waals surface area contributed by atoms with Crippen molar-refractivity contribution in [2.75, 3.05) is 12.0 Å². The number of aromatic nitrogens is 1. The van der Waals surface area contributed by atoms with Gasteiger partial charge in [0.1, 0.15) is 17.6 Å². The van der Waals surface area contributed by atoms with Gasteiger partial charge in [0.2, 0.25) is 0 Å². The number of methoxy groups -OCH3 is 1. The number of carbonyl (C=O) groups excluding carboxylic acids is 1. The van der Waals surface area contributed by atoms with Gasteiger partial charge in [-0.25, -0.2) is 4.79 Å². The fourth-order valence-electron chi connectivity index (χ4n) is 4.27. The Morgan fingerprint density at radius 2 is 1.79 bits per heavy atom. The van der Waals surface area contributed by atoms with E-state index in [1.54, 1.807) is 18.3 Å². The van der Waals surface area contributed by atoms with Gasteiger partial charge >= 0.3 is 5.97 Å².